The molecule has 0 saturated carbocycles. The standard InChI is InChI=1S/C25H24N2O4.C2H6/c1-29-17-8-7-13-11-18-25(28)12-15-20(27-16-6-4-3-5-14(16)21(15)30-2)23-24(25,9-10-26-18)19(13)22(17)31-23;1-2/h3-8,18,23,26,28H,9-12H2,1-2H3;1-2H3/t18-,23?,24+,25?;/m1./s1. The Bertz CT molecular complexity index is 1270. The Hall–Kier alpha value is -2.83. The summed E-state index contributed by atoms with van der Waals surface area (Å²) in [5.74, 6) is 2.28. The number of piperidine rings is 1. The Kier molecular flexibility index (Phi) is 4.45. The quantitative estimate of drug-likeness (QED) is 0.623. The van der Waals surface area contributed by atoms with Gasteiger partial charge >= 0.3 is 0 Å². The number of aliphatic hydroxyl groups is 1. The molecule has 3 heterocycles. The van der Waals surface area contributed by atoms with Crippen molar-refractivity contribution in [3.05, 3.63) is 58.8 Å². The van der Waals surface area contributed by atoms with Gasteiger partial charge in [-0.2, -0.15) is 0 Å². The van der Waals surface area contributed by atoms with Gasteiger partial charge in [0.2, 0.25) is 0 Å². The Morgan fingerprint density at radius 2 is 1.94 bits per heavy atom. The normalized spacial score (nSPS) is 29.8. The van der Waals surface area contributed by atoms with Crippen molar-refractivity contribution in [1.29, 1.82) is 0 Å². The first-order chi connectivity index (χ1) is 16.1. The summed E-state index contributed by atoms with van der Waals surface area (Å²) in [6, 6.07) is 12.1. The second-order valence-electron chi connectivity index (χ2n) is 9.19. The fraction of sp³-hybridized carbons (Fsp3) is 0.444. The minimum atomic E-state index is -0.995. The first-order valence-electron chi connectivity index (χ1n) is 11.9. The first-order valence-corrected chi connectivity index (χ1v) is 11.9. The summed E-state index contributed by atoms with van der Waals surface area (Å²) >= 11 is 0. The molecule has 0 amide bonds. The molecule has 172 valence electrons. The maximum Gasteiger partial charge on any atom is 0.166 e. The summed E-state index contributed by atoms with van der Waals surface area (Å²) < 4.78 is 18.3. The Labute approximate surface area is 193 Å². The van der Waals surface area contributed by atoms with Gasteiger partial charge in [-0.1, -0.05) is 32.0 Å². The lowest BCUT2D eigenvalue weighted by Crippen LogP contribution is -2.74. The molecule has 4 atom stereocenters. The highest BCUT2D eigenvalue weighted by atomic mass is 16.5. The molecule has 6 nitrogen and oxygen atoms in total. The number of methoxy groups -OCH3 is 2. The zero-order chi connectivity index (χ0) is 23.0. The van der Waals surface area contributed by atoms with Crippen LogP contribution >= 0.6 is 0 Å². The number of ether oxygens (including phenoxy) is 3. The van der Waals surface area contributed by atoms with Crippen molar-refractivity contribution in [2.24, 2.45) is 0 Å². The molecule has 2 aliphatic carbocycles. The van der Waals surface area contributed by atoms with E-state index in [1.165, 1.54) is 5.56 Å². The van der Waals surface area contributed by atoms with E-state index in [4.69, 9.17) is 19.2 Å². The average Bonchev–Trinajstić information content (AvgIpc) is 3.19. The van der Waals surface area contributed by atoms with E-state index in [0.29, 0.717) is 6.42 Å². The van der Waals surface area contributed by atoms with Gasteiger partial charge in [-0.25, -0.2) is 4.98 Å². The monoisotopic (exact) mass is 446 g/mol. The van der Waals surface area contributed by atoms with Gasteiger partial charge < -0.3 is 24.6 Å². The van der Waals surface area contributed by atoms with Gasteiger partial charge in [-0.3, -0.25) is 0 Å². The van der Waals surface area contributed by atoms with Gasteiger partial charge in [0.25, 0.3) is 0 Å². The van der Waals surface area contributed by atoms with Gasteiger partial charge in [0.15, 0.2) is 17.6 Å². The van der Waals surface area contributed by atoms with Crippen molar-refractivity contribution in [1.82, 2.24) is 10.3 Å². The van der Waals surface area contributed by atoms with E-state index in [2.05, 4.69) is 11.4 Å². The Morgan fingerprint density at radius 3 is 2.73 bits per heavy atom. The molecule has 2 aromatic carbocycles. The van der Waals surface area contributed by atoms with E-state index >= 15 is 0 Å². The summed E-state index contributed by atoms with van der Waals surface area (Å²) in [6.45, 7) is 4.84. The summed E-state index contributed by atoms with van der Waals surface area (Å²) in [5, 5.41) is 17.0. The molecule has 4 aliphatic rings. The molecule has 2 N–H and O–H groups in total. The smallest absolute Gasteiger partial charge is 0.166 e. The van der Waals surface area contributed by atoms with Crippen LogP contribution in [0.25, 0.3) is 10.9 Å². The van der Waals surface area contributed by atoms with Crippen LogP contribution in [-0.4, -0.2) is 42.5 Å². The van der Waals surface area contributed by atoms with E-state index in [9.17, 15) is 5.11 Å². The number of nitrogens with one attached hydrogen (secondary N) is 1. The predicted octanol–water partition coefficient (Wildman–Crippen LogP) is 3.85. The number of nitrogens with zero attached hydrogens (tertiary/aromatic N) is 1. The Balaban J connectivity index is 0.00000101. The number of para-hydroxylation sites is 1. The molecule has 7 rings (SSSR count). The maximum absolute atomic E-state index is 12.4. The molecule has 1 fully saturated rings. The fourth-order valence-electron chi connectivity index (χ4n) is 6.89. The third-order valence-electron chi connectivity index (χ3n) is 8.11. The molecule has 1 saturated heterocycles. The third-order valence-corrected chi connectivity index (χ3v) is 8.11. The molecule has 1 spiro atoms. The van der Waals surface area contributed by atoms with Crippen molar-refractivity contribution in [3.8, 4) is 17.2 Å². The van der Waals surface area contributed by atoms with Crippen molar-refractivity contribution >= 4 is 10.9 Å². The lowest BCUT2D eigenvalue weighted by atomic mass is 9.49. The highest BCUT2D eigenvalue weighted by Gasteiger charge is 2.71. The van der Waals surface area contributed by atoms with Crippen LogP contribution in [0.15, 0.2) is 36.4 Å². The van der Waals surface area contributed by atoms with Gasteiger partial charge in [0.05, 0.1) is 36.4 Å². The number of fused-ring (bicyclic) bond motifs is 3. The molecule has 3 aromatic rings. The van der Waals surface area contributed by atoms with Crippen LogP contribution in [-0.2, 0) is 18.3 Å². The number of benzene rings is 2. The lowest BCUT2D eigenvalue weighted by molar-refractivity contribution is -0.135. The average molecular weight is 447 g/mol. The van der Waals surface area contributed by atoms with E-state index in [0.717, 1.165) is 64.4 Å². The van der Waals surface area contributed by atoms with E-state index < -0.39 is 11.0 Å². The van der Waals surface area contributed by atoms with Crippen LogP contribution < -0.4 is 19.5 Å². The lowest BCUT2D eigenvalue weighted by Gasteiger charge is -2.60. The number of hydrogen-bond acceptors (Lipinski definition) is 6. The van der Waals surface area contributed by atoms with Gasteiger partial charge in [0, 0.05) is 29.0 Å². The van der Waals surface area contributed by atoms with Crippen molar-refractivity contribution in [2.75, 3.05) is 20.8 Å². The molecule has 2 bridgehead atoms. The number of hydrogen-bond donors (Lipinski definition) is 2. The highest BCUT2D eigenvalue weighted by molar-refractivity contribution is 5.87. The molecule has 0 radical (unpaired) electrons. The summed E-state index contributed by atoms with van der Waals surface area (Å²) in [5.41, 5.74) is 3.53. The van der Waals surface area contributed by atoms with Crippen LogP contribution in [0.2, 0.25) is 0 Å². The molecule has 33 heavy (non-hydrogen) atoms. The van der Waals surface area contributed by atoms with Crippen LogP contribution in [0.1, 0.15) is 48.8 Å². The first kappa shape index (κ1) is 20.8. The highest BCUT2D eigenvalue weighted by Crippen LogP contribution is 2.68. The van der Waals surface area contributed by atoms with Crippen LogP contribution in [0.3, 0.4) is 0 Å². The molecule has 2 unspecified atom stereocenters. The largest absolute Gasteiger partial charge is 0.496 e. The molecular weight excluding hydrogens is 416 g/mol. The van der Waals surface area contributed by atoms with Gasteiger partial charge in [-0.05, 0) is 43.1 Å². The summed E-state index contributed by atoms with van der Waals surface area (Å²) in [4.78, 5) is 5.09. The predicted molar refractivity (Wildman–Crippen MR) is 126 cm³/mol. The minimum absolute atomic E-state index is 0.0523. The number of aromatic nitrogens is 1. The van der Waals surface area contributed by atoms with E-state index in [1.807, 2.05) is 44.2 Å². The van der Waals surface area contributed by atoms with Crippen LogP contribution in [0.4, 0.5) is 0 Å². The topological polar surface area (TPSA) is 72.8 Å². The molecule has 6 heteroatoms. The second-order valence-corrected chi connectivity index (χ2v) is 9.19. The SMILES string of the molecule is CC.COc1ccc2c3c1OC1c4nc5ccccc5c(OC)c4CC4(O)[C@@H](C2)NCC[C@]314. The minimum Gasteiger partial charge on any atom is -0.496 e. The van der Waals surface area contributed by atoms with Crippen molar-refractivity contribution in [2.45, 2.75) is 56.3 Å². The molecule has 2 aliphatic heterocycles. The Morgan fingerprint density at radius 1 is 1.12 bits per heavy atom. The number of pyridine rings is 1. The molecule has 1 aromatic heterocycles. The third kappa shape index (κ3) is 2.33. The van der Waals surface area contributed by atoms with Gasteiger partial charge in [0.1, 0.15) is 5.75 Å². The summed E-state index contributed by atoms with van der Waals surface area (Å²) in [6.07, 6.45) is 1.65. The van der Waals surface area contributed by atoms with Crippen molar-refractivity contribution < 1.29 is 19.3 Å². The van der Waals surface area contributed by atoms with Gasteiger partial charge in [-0.15, -0.1) is 0 Å². The molecular formula is C27H30N2O4. The number of rotatable bonds is 2. The maximum atomic E-state index is 12.4. The van der Waals surface area contributed by atoms with E-state index in [1.54, 1.807) is 14.2 Å². The zero-order valence-corrected chi connectivity index (χ0v) is 19.6. The van der Waals surface area contributed by atoms with Crippen LogP contribution in [0, 0.1) is 0 Å². The zero-order valence-electron chi connectivity index (χ0n) is 19.6. The summed E-state index contributed by atoms with van der Waals surface area (Å²) in [7, 11) is 3.37. The van der Waals surface area contributed by atoms with Crippen molar-refractivity contribution in [3.63, 3.8) is 0 Å². The van der Waals surface area contributed by atoms with E-state index in [-0.39, 0.29) is 12.1 Å². The second kappa shape index (κ2) is 7.08. The van der Waals surface area contributed by atoms with Crippen LogP contribution in [0.5, 0.6) is 17.2 Å². The fourth-order valence-corrected chi connectivity index (χ4v) is 6.89.